The van der Waals surface area contributed by atoms with Gasteiger partial charge in [0, 0.05) is 31.1 Å². The summed E-state index contributed by atoms with van der Waals surface area (Å²) in [4.78, 5) is 35.1. The quantitative estimate of drug-likeness (QED) is 0.931. The molecule has 0 saturated carbocycles. The monoisotopic (exact) mass is 340 g/mol. The molecule has 1 aromatic heterocycles. The Labute approximate surface area is 147 Å². The van der Waals surface area contributed by atoms with E-state index in [1.54, 1.807) is 12.1 Å². The molecular formula is C19H24N4O2. The number of aryl methyl sites for hydroxylation is 2. The minimum atomic E-state index is -0.0952. The second-order valence-corrected chi connectivity index (χ2v) is 6.58. The highest BCUT2D eigenvalue weighted by molar-refractivity contribution is 5.97. The van der Waals surface area contributed by atoms with Gasteiger partial charge in [0.1, 0.15) is 0 Å². The molecule has 0 atom stereocenters. The molecule has 1 fully saturated rings. The number of amides is 2. The van der Waals surface area contributed by atoms with Gasteiger partial charge in [0.2, 0.25) is 5.91 Å². The van der Waals surface area contributed by atoms with Gasteiger partial charge in [0.25, 0.3) is 5.91 Å². The second-order valence-electron chi connectivity index (χ2n) is 6.58. The standard InChI is InChI=1S/C19H24N4O2/c1-4-18(24)23-9-7-15(8-10-23)22-19(25)14-5-6-16-17(11-14)21-13(3)12(2)20-16/h5-6,11,15H,4,7-10H2,1-3H3,(H,22,25). The summed E-state index contributed by atoms with van der Waals surface area (Å²) >= 11 is 0. The maximum atomic E-state index is 12.5. The van der Waals surface area contributed by atoms with Crippen molar-refractivity contribution >= 4 is 22.8 Å². The highest BCUT2D eigenvalue weighted by Crippen LogP contribution is 2.16. The van der Waals surface area contributed by atoms with E-state index in [9.17, 15) is 9.59 Å². The number of fused-ring (bicyclic) bond motifs is 1. The molecule has 0 spiro atoms. The lowest BCUT2D eigenvalue weighted by molar-refractivity contribution is -0.131. The topological polar surface area (TPSA) is 75.2 Å². The molecule has 6 nitrogen and oxygen atoms in total. The van der Waals surface area contributed by atoms with E-state index in [-0.39, 0.29) is 17.9 Å². The van der Waals surface area contributed by atoms with E-state index < -0.39 is 0 Å². The molecule has 1 saturated heterocycles. The van der Waals surface area contributed by atoms with Gasteiger partial charge in [-0.1, -0.05) is 6.92 Å². The van der Waals surface area contributed by atoms with E-state index in [4.69, 9.17) is 0 Å². The van der Waals surface area contributed by atoms with Crippen LogP contribution in [0.15, 0.2) is 18.2 Å². The summed E-state index contributed by atoms with van der Waals surface area (Å²) in [6, 6.07) is 5.53. The average Bonchev–Trinajstić information content (AvgIpc) is 2.62. The maximum Gasteiger partial charge on any atom is 0.251 e. The zero-order valence-electron chi connectivity index (χ0n) is 15.0. The zero-order chi connectivity index (χ0) is 18.0. The minimum Gasteiger partial charge on any atom is -0.349 e. The van der Waals surface area contributed by atoms with Crippen molar-refractivity contribution in [3.63, 3.8) is 0 Å². The summed E-state index contributed by atoms with van der Waals surface area (Å²) in [7, 11) is 0. The second kappa shape index (κ2) is 7.17. The summed E-state index contributed by atoms with van der Waals surface area (Å²) < 4.78 is 0. The lowest BCUT2D eigenvalue weighted by Gasteiger charge is -2.32. The van der Waals surface area contributed by atoms with E-state index in [2.05, 4.69) is 15.3 Å². The maximum absolute atomic E-state index is 12.5. The first-order valence-electron chi connectivity index (χ1n) is 8.81. The highest BCUT2D eigenvalue weighted by atomic mass is 16.2. The number of hydrogen-bond donors (Lipinski definition) is 1. The van der Waals surface area contributed by atoms with Gasteiger partial charge >= 0.3 is 0 Å². The molecule has 0 aliphatic carbocycles. The van der Waals surface area contributed by atoms with E-state index >= 15 is 0 Å². The SMILES string of the molecule is CCC(=O)N1CCC(NC(=O)c2ccc3nc(C)c(C)nc3c2)CC1. The molecule has 2 aromatic rings. The summed E-state index contributed by atoms with van der Waals surface area (Å²) in [5.41, 5.74) is 3.90. The Bertz CT molecular complexity index is 810. The lowest BCUT2D eigenvalue weighted by Crippen LogP contribution is -2.46. The molecule has 6 heteroatoms. The van der Waals surface area contributed by atoms with E-state index in [1.807, 2.05) is 31.7 Å². The van der Waals surface area contributed by atoms with Crippen molar-refractivity contribution in [2.45, 2.75) is 46.1 Å². The highest BCUT2D eigenvalue weighted by Gasteiger charge is 2.23. The minimum absolute atomic E-state index is 0.0952. The number of carbonyl (C=O) groups excluding carboxylic acids is 2. The fourth-order valence-electron chi connectivity index (χ4n) is 3.14. The molecule has 25 heavy (non-hydrogen) atoms. The summed E-state index contributed by atoms with van der Waals surface area (Å²) in [6.45, 7) is 7.14. The van der Waals surface area contributed by atoms with Gasteiger partial charge in [0.05, 0.1) is 22.4 Å². The lowest BCUT2D eigenvalue weighted by atomic mass is 10.0. The number of benzene rings is 1. The molecule has 0 unspecified atom stereocenters. The molecule has 2 amide bonds. The van der Waals surface area contributed by atoms with Crippen molar-refractivity contribution in [2.24, 2.45) is 0 Å². The van der Waals surface area contributed by atoms with Crippen LogP contribution < -0.4 is 5.32 Å². The van der Waals surface area contributed by atoms with Crippen LogP contribution in [0.4, 0.5) is 0 Å². The van der Waals surface area contributed by atoms with Crippen molar-refractivity contribution < 1.29 is 9.59 Å². The molecular weight excluding hydrogens is 316 g/mol. The predicted octanol–water partition coefficient (Wildman–Crippen LogP) is 2.38. The van der Waals surface area contributed by atoms with Gasteiger partial charge in [-0.2, -0.15) is 0 Å². The van der Waals surface area contributed by atoms with Crippen molar-refractivity contribution in [1.82, 2.24) is 20.2 Å². The molecule has 1 N–H and O–H groups in total. The number of hydrogen-bond acceptors (Lipinski definition) is 4. The van der Waals surface area contributed by atoms with E-state index in [0.717, 1.165) is 35.3 Å². The summed E-state index contributed by atoms with van der Waals surface area (Å²) in [5.74, 6) is 0.0886. The van der Waals surface area contributed by atoms with Crippen LogP contribution in [-0.2, 0) is 4.79 Å². The van der Waals surface area contributed by atoms with Crippen LogP contribution in [0, 0.1) is 13.8 Å². The van der Waals surface area contributed by atoms with E-state index in [0.29, 0.717) is 25.1 Å². The third-order valence-corrected chi connectivity index (χ3v) is 4.82. The Hall–Kier alpha value is -2.50. The van der Waals surface area contributed by atoms with Crippen LogP contribution in [-0.4, -0.2) is 45.8 Å². The number of nitrogens with zero attached hydrogens (tertiary/aromatic N) is 3. The van der Waals surface area contributed by atoms with Gasteiger partial charge in [-0.3, -0.25) is 9.59 Å². The summed E-state index contributed by atoms with van der Waals surface area (Å²) in [5, 5.41) is 3.08. The molecule has 1 aromatic carbocycles. The predicted molar refractivity (Wildman–Crippen MR) is 96.4 cm³/mol. The first kappa shape index (κ1) is 17.3. The summed E-state index contributed by atoms with van der Waals surface area (Å²) in [6.07, 6.45) is 2.13. The van der Waals surface area contributed by atoms with Gasteiger partial charge < -0.3 is 10.2 Å². The van der Waals surface area contributed by atoms with Crippen molar-refractivity contribution in [3.05, 3.63) is 35.2 Å². The third-order valence-electron chi connectivity index (χ3n) is 4.82. The van der Waals surface area contributed by atoms with Crippen LogP contribution in [0.1, 0.15) is 47.9 Å². The van der Waals surface area contributed by atoms with Gasteiger partial charge in [-0.15, -0.1) is 0 Å². The van der Waals surface area contributed by atoms with Crippen LogP contribution in [0.5, 0.6) is 0 Å². The first-order valence-corrected chi connectivity index (χ1v) is 8.81. The number of rotatable bonds is 3. The normalized spacial score (nSPS) is 15.4. The van der Waals surface area contributed by atoms with Crippen LogP contribution >= 0.6 is 0 Å². The first-order chi connectivity index (χ1) is 12.0. The van der Waals surface area contributed by atoms with Crippen LogP contribution in [0.3, 0.4) is 0 Å². The van der Waals surface area contributed by atoms with Crippen LogP contribution in [0.25, 0.3) is 11.0 Å². The molecule has 2 heterocycles. The molecule has 0 radical (unpaired) electrons. The van der Waals surface area contributed by atoms with Crippen molar-refractivity contribution in [3.8, 4) is 0 Å². The Morgan fingerprint density at radius 1 is 1.12 bits per heavy atom. The number of nitrogens with one attached hydrogen (secondary N) is 1. The fraction of sp³-hybridized carbons (Fsp3) is 0.474. The Balaban J connectivity index is 1.67. The molecule has 1 aliphatic heterocycles. The Morgan fingerprint density at radius 2 is 1.76 bits per heavy atom. The molecule has 3 rings (SSSR count). The smallest absolute Gasteiger partial charge is 0.251 e. The Kier molecular flexibility index (Phi) is 4.97. The molecule has 132 valence electrons. The zero-order valence-corrected chi connectivity index (χ0v) is 15.0. The third kappa shape index (κ3) is 3.78. The Morgan fingerprint density at radius 3 is 2.40 bits per heavy atom. The van der Waals surface area contributed by atoms with Crippen molar-refractivity contribution in [2.75, 3.05) is 13.1 Å². The molecule has 0 bridgehead atoms. The van der Waals surface area contributed by atoms with Crippen molar-refractivity contribution in [1.29, 1.82) is 0 Å². The van der Waals surface area contributed by atoms with Crippen LogP contribution in [0.2, 0.25) is 0 Å². The number of likely N-dealkylation sites (tertiary alicyclic amines) is 1. The average molecular weight is 340 g/mol. The largest absolute Gasteiger partial charge is 0.349 e. The number of carbonyl (C=O) groups is 2. The number of aromatic nitrogens is 2. The number of piperidine rings is 1. The van der Waals surface area contributed by atoms with Gasteiger partial charge in [-0.25, -0.2) is 9.97 Å². The fourth-order valence-corrected chi connectivity index (χ4v) is 3.14. The van der Waals surface area contributed by atoms with Gasteiger partial charge in [-0.05, 0) is 44.9 Å². The van der Waals surface area contributed by atoms with Gasteiger partial charge in [0.15, 0.2) is 0 Å². The van der Waals surface area contributed by atoms with E-state index in [1.165, 1.54) is 0 Å². The molecule has 1 aliphatic rings.